The Labute approximate surface area is 113 Å². The van der Waals surface area contributed by atoms with Gasteiger partial charge in [-0.1, -0.05) is 6.42 Å². The highest BCUT2D eigenvalue weighted by molar-refractivity contribution is 9.10. The topological polar surface area (TPSA) is 52.6 Å². The van der Waals surface area contributed by atoms with E-state index in [9.17, 15) is 9.18 Å². The second-order valence-corrected chi connectivity index (χ2v) is 5.05. The third-order valence-corrected chi connectivity index (χ3v) is 3.72. The molecule has 98 valence electrons. The minimum absolute atomic E-state index is 0.0167. The van der Waals surface area contributed by atoms with E-state index in [0.29, 0.717) is 5.69 Å². The molecule has 1 aliphatic rings. The molecule has 0 aliphatic carbocycles. The van der Waals surface area contributed by atoms with Crippen molar-refractivity contribution in [2.75, 3.05) is 18.5 Å². The molecule has 0 bridgehead atoms. The summed E-state index contributed by atoms with van der Waals surface area (Å²) in [5.41, 5.74) is 3.22. The first-order valence-corrected chi connectivity index (χ1v) is 6.62. The van der Waals surface area contributed by atoms with Crippen molar-refractivity contribution >= 4 is 27.6 Å². The number of anilines is 1. The summed E-state index contributed by atoms with van der Waals surface area (Å²) in [7, 11) is 0. The molecule has 1 heterocycles. The maximum Gasteiger partial charge on any atom is 0.336 e. The van der Waals surface area contributed by atoms with Crippen molar-refractivity contribution in [1.29, 1.82) is 0 Å². The SMILES string of the molecule is O=C(O)c1ccc(NN2CCCCC2)c(F)c1Br. The third-order valence-electron chi connectivity index (χ3n) is 2.95. The van der Waals surface area contributed by atoms with Crippen LogP contribution in [0.25, 0.3) is 0 Å². The molecule has 0 amide bonds. The number of benzene rings is 1. The van der Waals surface area contributed by atoms with Crippen molar-refractivity contribution in [1.82, 2.24) is 5.01 Å². The second kappa shape index (κ2) is 5.67. The average Bonchev–Trinajstić information content (AvgIpc) is 2.36. The Hall–Kier alpha value is -1.14. The number of hydrogen-bond acceptors (Lipinski definition) is 3. The van der Waals surface area contributed by atoms with Crippen molar-refractivity contribution in [3.63, 3.8) is 0 Å². The highest BCUT2D eigenvalue weighted by Crippen LogP contribution is 2.27. The number of halogens is 2. The molecule has 2 N–H and O–H groups in total. The number of carbonyl (C=O) groups is 1. The minimum atomic E-state index is -1.15. The summed E-state index contributed by atoms with van der Waals surface area (Å²) < 4.78 is 14.0. The zero-order valence-electron chi connectivity index (χ0n) is 9.75. The summed E-state index contributed by atoms with van der Waals surface area (Å²) >= 11 is 2.98. The van der Waals surface area contributed by atoms with Gasteiger partial charge in [-0.25, -0.2) is 14.2 Å². The summed E-state index contributed by atoms with van der Waals surface area (Å²) in [5, 5.41) is 10.8. The molecule has 1 fully saturated rings. The fourth-order valence-corrected chi connectivity index (χ4v) is 2.49. The highest BCUT2D eigenvalue weighted by Gasteiger charge is 2.18. The molecule has 2 rings (SSSR count). The molecule has 0 unspecified atom stereocenters. The number of nitrogens with zero attached hydrogens (tertiary/aromatic N) is 1. The number of aromatic carboxylic acids is 1. The molecule has 6 heteroatoms. The van der Waals surface area contributed by atoms with Gasteiger partial charge in [0.1, 0.15) is 0 Å². The maximum atomic E-state index is 14.0. The normalized spacial score (nSPS) is 16.6. The Morgan fingerprint density at radius 3 is 2.61 bits per heavy atom. The third kappa shape index (κ3) is 2.81. The number of hydrogen-bond donors (Lipinski definition) is 2. The van der Waals surface area contributed by atoms with Gasteiger partial charge >= 0.3 is 5.97 Å². The quantitative estimate of drug-likeness (QED) is 0.899. The van der Waals surface area contributed by atoms with Crippen LogP contribution in [0, 0.1) is 5.82 Å². The first-order chi connectivity index (χ1) is 8.59. The van der Waals surface area contributed by atoms with Gasteiger partial charge in [0.05, 0.1) is 15.7 Å². The highest BCUT2D eigenvalue weighted by atomic mass is 79.9. The minimum Gasteiger partial charge on any atom is -0.478 e. The van der Waals surface area contributed by atoms with Crippen LogP contribution in [0.15, 0.2) is 16.6 Å². The lowest BCUT2D eigenvalue weighted by Crippen LogP contribution is -2.35. The van der Waals surface area contributed by atoms with Crippen molar-refractivity contribution in [3.8, 4) is 0 Å². The zero-order chi connectivity index (χ0) is 13.1. The van der Waals surface area contributed by atoms with E-state index < -0.39 is 11.8 Å². The van der Waals surface area contributed by atoms with E-state index in [1.54, 1.807) is 0 Å². The summed E-state index contributed by atoms with van der Waals surface area (Å²) in [6.45, 7) is 1.75. The predicted octanol–water partition coefficient (Wildman–Crippen LogP) is 3.10. The first-order valence-electron chi connectivity index (χ1n) is 5.82. The fourth-order valence-electron chi connectivity index (χ4n) is 1.98. The van der Waals surface area contributed by atoms with Crippen LogP contribution in [-0.4, -0.2) is 29.2 Å². The molecule has 1 aromatic carbocycles. The Kier molecular flexibility index (Phi) is 4.19. The van der Waals surface area contributed by atoms with Gasteiger partial charge in [-0.3, -0.25) is 0 Å². The van der Waals surface area contributed by atoms with Crippen molar-refractivity contribution in [3.05, 3.63) is 28.0 Å². The Balaban J connectivity index is 2.18. The van der Waals surface area contributed by atoms with Crippen LogP contribution in [0.1, 0.15) is 29.6 Å². The van der Waals surface area contributed by atoms with Crippen LogP contribution in [0.3, 0.4) is 0 Å². The largest absolute Gasteiger partial charge is 0.478 e. The summed E-state index contributed by atoms with van der Waals surface area (Å²) in [6.07, 6.45) is 3.37. The van der Waals surface area contributed by atoms with Crippen LogP contribution in [-0.2, 0) is 0 Å². The standard InChI is InChI=1S/C12H14BrFN2O2/c13-10-8(12(17)18)4-5-9(11(10)14)15-16-6-2-1-3-7-16/h4-5,15H,1-3,6-7H2,(H,17,18). The summed E-state index contributed by atoms with van der Waals surface area (Å²) in [4.78, 5) is 10.8. The molecule has 0 radical (unpaired) electrons. The van der Waals surface area contributed by atoms with Crippen LogP contribution in [0.4, 0.5) is 10.1 Å². The van der Waals surface area contributed by atoms with Gasteiger partial charge in [-0.05, 0) is 40.9 Å². The first kappa shape index (κ1) is 13.3. The van der Waals surface area contributed by atoms with E-state index in [1.807, 2.05) is 5.01 Å². The predicted molar refractivity (Wildman–Crippen MR) is 70.1 cm³/mol. The Morgan fingerprint density at radius 2 is 2.00 bits per heavy atom. The molecular weight excluding hydrogens is 303 g/mol. The van der Waals surface area contributed by atoms with E-state index in [2.05, 4.69) is 21.4 Å². The number of hydrazine groups is 1. The van der Waals surface area contributed by atoms with Crippen LogP contribution in [0.2, 0.25) is 0 Å². The number of rotatable bonds is 3. The molecule has 0 saturated carbocycles. The van der Waals surface area contributed by atoms with Gasteiger partial charge in [0.25, 0.3) is 0 Å². The van der Waals surface area contributed by atoms with Gasteiger partial charge < -0.3 is 10.5 Å². The molecule has 0 spiro atoms. The van der Waals surface area contributed by atoms with Crippen molar-refractivity contribution < 1.29 is 14.3 Å². The molecule has 0 aromatic heterocycles. The lowest BCUT2D eigenvalue weighted by molar-refractivity contribution is 0.0695. The lowest BCUT2D eigenvalue weighted by Gasteiger charge is -2.28. The number of carboxylic acid groups (broad SMARTS) is 1. The van der Waals surface area contributed by atoms with Gasteiger partial charge in [-0.15, -0.1) is 0 Å². The van der Waals surface area contributed by atoms with Crippen LogP contribution >= 0.6 is 15.9 Å². The molecule has 1 aliphatic heterocycles. The van der Waals surface area contributed by atoms with Gasteiger partial charge in [-0.2, -0.15) is 0 Å². The van der Waals surface area contributed by atoms with Gasteiger partial charge in [0.15, 0.2) is 5.82 Å². The average molecular weight is 317 g/mol. The van der Waals surface area contributed by atoms with E-state index in [4.69, 9.17) is 5.11 Å². The Bertz CT molecular complexity index is 462. The molecule has 18 heavy (non-hydrogen) atoms. The van der Waals surface area contributed by atoms with Crippen molar-refractivity contribution in [2.24, 2.45) is 0 Å². The number of piperidine rings is 1. The smallest absolute Gasteiger partial charge is 0.336 e. The molecule has 1 aromatic rings. The number of carboxylic acids is 1. The van der Waals surface area contributed by atoms with E-state index in [1.165, 1.54) is 18.6 Å². The van der Waals surface area contributed by atoms with Crippen LogP contribution < -0.4 is 5.43 Å². The van der Waals surface area contributed by atoms with Crippen molar-refractivity contribution in [2.45, 2.75) is 19.3 Å². The van der Waals surface area contributed by atoms with E-state index in [0.717, 1.165) is 25.9 Å². The monoisotopic (exact) mass is 316 g/mol. The molecular formula is C12H14BrFN2O2. The Morgan fingerprint density at radius 1 is 1.33 bits per heavy atom. The zero-order valence-corrected chi connectivity index (χ0v) is 11.3. The summed E-state index contributed by atoms with van der Waals surface area (Å²) in [5.74, 6) is -1.72. The van der Waals surface area contributed by atoms with Gasteiger partial charge in [0.2, 0.25) is 0 Å². The number of nitrogens with one attached hydrogen (secondary N) is 1. The summed E-state index contributed by atoms with van der Waals surface area (Å²) in [6, 6.07) is 2.85. The van der Waals surface area contributed by atoms with E-state index in [-0.39, 0.29) is 10.0 Å². The molecule has 4 nitrogen and oxygen atoms in total. The second-order valence-electron chi connectivity index (χ2n) is 4.25. The molecule has 1 saturated heterocycles. The van der Waals surface area contributed by atoms with Crippen LogP contribution in [0.5, 0.6) is 0 Å². The maximum absolute atomic E-state index is 14.0. The fraction of sp³-hybridized carbons (Fsp3) is 0.417. The van der Waals surface area contributed by atoms with E-state index >= 15 is 0 Å². The lowest BCUT2D eigenvalue weighted by atomic mass is 10.1. The molecule has 0 atom stereocenters. The van der Waals surface area contributed by atoms with Gasteiger partial charge in [0, 0.05) is 13.1 Å².